The molecule has 1 aliphatic heterocycles. The molecule has 0 aromatic rings. The zero-order chi connectivity index (χ0) is 10.1. The van der Waals surface area contributed by atoms with Gasteiger partial charge < -0.3 is 10.4 Å². The van der Waals surface area contributed by atoms with Crippen LogP contribution >= 0.6 is 0 Å². The van der Waals surface area contributed by atoms with Crippen molar-refractivity contribution in [3.8, 4) is 0 Å². The molecule has 7 heteroatoms. The van der Waals surface area contributed by atoms with Crippen molar-refractivity contribution in [1.29, 1.82) is 0 Å². The third-order valence-electron chi connectivity index (χ3n) is 1.71. The number of hydrogen-bond donors (Lipinski definition) is 3. The van der Waals surface area contributed by atoms with E-state index in [1.54, 1.807) is 0 Å². The summed E-state index contributed by atoms with van der Waals surface area (Å²) in [5, 5.41) is 11.8. The zero-order valence-corrected chi connectivity index (χ0v) is 7.97. The van der Waals surface area contributed by atoms with E-state index in [9.17, 15) is 13.2 Å². The van der Waals surface area contributed by atoms with Crippen molar-refractivity contribution in [2.75, 3.05) is 12.8 Å². The first-order valence-corrected chi connectivity index (χ1v) is 5.71. The molecule has 0 spiro atoms. The van der Waals surface area contributed by atoms with Crippen LogP contribution in [0, 0.1) is 0 Å². The number of nitrogens with one attached hydrogen (secondary N) is 2. The Bertz CT molecular complexity index is 300. The maximum Gasteiger partial charge on any atom is 0.250 e. The molecular formula is C6H12N2O4S. The lowest BCUT2D eigenvalue weighted by Gasteiger charge is -2.08. The minimum Gasteiger partial charge on any atom is -0.392 e. The molecule has 0 bridgehead atoms. The number of sulfonamides is 1. The molecular weight excluding hydrogens is 196 g/mol. The lowest BCUT2D eigenvalue weighted by molar-refractivity contribution is -0.121. The van der Waals surface area contributed by atoms with Gasteiger partial charge in [0.1, 0.15) is 0 Å². The van der Waals surface area contributed by atoms with Gasteiger partial charge in [0.05, 0.1) is 18.4 Å². The molecule has 1 fully saturated rings. The third-order valence-corrected chi connectivity index (χ3v) is 2.28. The Kier molecular flexibility index (Phi) is 2.89. The maximum atomic E-state index is 11.1. The molecule has 0 aromatic carbocycles. The Morgan fingerprint density at radius 3 is 2.62 bits per heavy atom. The van der Waals surface area contributed by atoms with E-state index in [1.807, 2.05) is 4.72 Å². The fourth-order valence-electron chi connectivity index (χ4n) is 1.17. The number of aliphatic hydroxyl groups is 1. The molecule has 13 heavy (non-hydrogen) atoms. The molecule has 2 atom stereocenters. The second-order valence-electron chi connectivity index (χ2n) is 3.09. The van der Waals surface area contributed by atoms with E-state index < -0.39 is 28.1 Å². The minimum atomic E-state index is -3.50. The van der Waals surface area contributed by atoms with Crippen molar-refractivity contribution in [3.05, 3.63) is 0 Å². The third kappa shape index (κ3) is 3.29. The second-order valence-corrected chi connectivity index (χ2v) is 4.84. The summed E-state index contributed by atoms with van der Waals surface area (Å²) in [5.41, 5.74) is 0. The Labute approximate surface area is 76.4 Å². The molecule has 3 N–H and O–H groups in total. The molecule has 1 amide bonds. The molecule has 1 heterocycles. The van der Waals surface area contributed by atoms with Crippen molar-refractivity contribution in [1.82, 2.24) is 10.0 Å². The standard InChI is InChI=1S/C6H12N2O4S/c1-13(11,12)8-6(10)5-2-4(9)3-7-5/h4-5,7,9H,2-3H2,1H3,(H,8,10). The van der Waals surface area contributed by atoms with E-state index >= 15 is 0 Å². The summed E-state index contributed by atoms with van der Waals surface area (Å²) in [5.74, 6) is -0.612. The van der Waals surface area contributed by atoms with Gasteiger partial charge in [-0.3, -0.25) is 9.52 Å². The molecule has 1 aliphatic rings. The van der Waals surface area contributed by atoms with Crippen molar-refractivity contribution in [2.24, 2.45) is 0 Å². The second kappa shape index (κ2) is 3.60. The molecule has 0 aliphatic carbocycles. The largest absolute Gasteiger partial charge is 0.392 e. The highest BCUT2D eigenvalue weighted by Crippen LogP contribution is 2.06. The number of β-amino-alcohol motifs (C(OH)–C–C–N with tert-alkyl or cyclic N) is 1. The summed E-state index contributed by atoms with van der Waals surface area (Å²) in [4.78, 5) is 11.1. The van der Waals surface area contributed by atoms with Crippen LogP contribution < -0.4 is 10.0 Å². The van der Waals surface area contributed by atoms with Gasteiger partial charge >= 0.3 is 0 Å². The number of carbonyl (C=O) groups is 1. The first-order chi connectivity index (χ1) is 5.88. The minimum absolute atomic E-state index is 0.251. The van der Waals surface area contributed by atoms with Gasteiger partial charge in [-0.05, 0) is 6.42 Å². The molecule has 1 rings (SSSR count). The van der Waals surface area contributed by atoms with Gasteiger partial charge in [-0.15, -0.1) is 0 Å². The maximum absolute atomic E-state index is 11.1. The van der Waals surface area contributed by atoms with Crippen LogP contribution in [-0.4, -0.2) is 44.4 Å². The molecule has 6 nitrogen and oxygen atoms in total. The van der Waals surface area contributed by atoms with E-state index in [4.69, 9.17) is 5.11 Å². The number of hydrogen-bond acceptors (Lipinski definition) is 5. The topological polar surface area (TPSA) is 95.5 Å². The molecule has 0 radical (unpaired) electrons. The lowest BCUT2D eigenvalue weighted by Crippen LogP contribution is -2.42. The van der Waals surface area contributed by atoms with Crippen molar-refractivity contribution in [3.63, 3.8) is 0 Å². The van der Waals surface area contributed by atoms with Crippen LogP contribution in [0.15, 0.2) is 0 Å². The van der Waals surface area contributed by atoms with Gasteiger partial charge in [-0.25, -0.2) is 8.42 Å². The first-order valence-electron chi connectivity index (χ1n) is 3.81. The average molecular weight is 208 g/mol. The van der Waals surface area contributed by atoms with Crippen LogP contribution in [0.5, 0.6) is 0 Å². The fourth-order valence-corrected chi connectivity index (χ4v) is 1.68. The van der Waals surface area contributed by atoms with Crippen LogP contribution in [0.1, 0.15) is 6.42 Å². The summed E-state index contributed by atoms with van der Waals surface area (Å²) in [6, 6.07) is -0.607. The predicted octanol–water partition coefficient (Wildman–Crippen LogP) is -2.21. The normalized spacial score (nSPS) is 28.8. The monoisotopic (exact) mass is 208 g/mol. The summed E-state index contributed by atoms with van der Waals surface area (Å²) in [6.07, 6.45) is 0.591. The SMILES string of the molecule is CS(=O)(=O)NC(=O)C1CC(O)CN1. The highest BCUT2D eigenvalue weighted by molar-refractivity contribution is 7.89. The van der Waals surface area contributed by atoms with Crippen LogP contribution in [0.2, 0.25) is 0 Å². The van der Waals surface area contributed by atoms with Gasteiger partial charge in [0, 0.05) is 6.54 Å². The highest BCUT2D eigenvalue weighted by atomic mass is 32.2. The fraction of sp³-hybridized carbons (Fsp3) is 0.833. The van der Waals surface area contributed by atoms with E-state index in [0.717, 1.165) is 6.26 Å². The van der Waals surface area contributed by atoms with Crippen LogP contribution in [0.25, 0.3) is 0 Å². The Morgan fingerprint density at radius 1 is 1.62 bits per heavy atom. The lowest BCUT2D eigenvalue weighted by atomic mass is 10.2. The van der Waals surface area contributed by atoms with Crippen LogP contribution in [-0.2, 0) is 14.8 Å². The summed E-state index contributed by atoms with van der Waals surface area (Å²) in [6.45, 7) is 0.321. The van der Waals surface area contributed by atoms with Crippen molar-refractivity contribution >= 4 is 15.9 Å². The Hall–Kier alpha value is -0.660. The Balaban J connectivity index is 2.50. The quantitative estimate of drug-likeness (QED) is 0.478. The van der Waals surface area contributed by atoms with E-state index in [2.05, 4.69) is 5.32 Å². The van der Waals surface area contributed by atoms with Crippen LogP contribution in [0.4, 0.5) is 0 Å². The van der Waals surface area contributed by atoms with E-state index in [-0.39, 0.29) is 6.42 Å². The summed E-state index contributed by atoms with van der Waals surface area (Å²) in [7, 11) is -3.50. The Morgan fingerprint density at radius 2 is 2.23 bits per heavy atom. The molecule has 1 saturated heterocycles. The van der Waals surface area contributed by atoms with Gasteiger partial charge in [-0.1, -0.05) is 0 Å². The first kappa shape index (κ1) is 10.4. The van der Waals surface area contributed by atoms with Gasteiger partial charge in [-0.2, -0.15) is 0 Å². The summed E-state index contributed by atoms with van der Waals surface area (Å²) < 4.78 is 23.2. The smallest absolute Gasteiger partial charge is 0.250 e. The van der Waals surface area contributed by atoms with Gasteiger partial charge in [0.25, 0.3) is 5.91 Å². The van der Waals surface area contributed by atoms with Gasteiger partial charge in [0.2, 0.25) is 10.0 Å². The summed E-state index contributed by atoms with van der Waals surface area (Å²) >= 11 is 0. The molecule has 2 unspecified atom stereocenters. The van der Waals surface area contributed by atoms with Gasteiger partial charge in [0.15, 0.2) is 0 Å². The van der Waals surface area contributed by atoms with Crippen molar-refractivity contribution in [2.45, 2.75) is 18.6 Å². The van der Waals surface area contributed by atoms with Crippen molar-refractivity contribution < 1.29 is 18.3 Å². The number of carbonyl (C=O) groups excluding carboxylic acids is 1. The molecule has 76 valence electrons. The van der Waals surface area contributed by atoms with Crippen LogP contribution in [0.3, 0.4) is 0 Å². The molecule has 0 saturated carbocycles. The molecule has 0 aromatic heterocycles. The highest BCUT2D eigenvalue weighted by Gasteiger charge is 2.29. The number of amides is 1. The number of aliphatic hydroxyl groups excluding tert-OH is 1. The zero-order valence-electron chi connectivity index (χ0n) is 7.15. The van der Waals surface area contributed by atoms with E-state index in [0.29, 0.717) is 6.54 Å². The predicted molar refractivity (Wildman–Crippen MR) is 45.4 cm³/mol. The number of rotatable bonds is 2. The average Bonchev–Trinajstić information content (AvgIpc) is 2.31. The van der Waals surface area contributed by atoms with E-state index in [1.165, 1.54) is 0 Å².